The van der Waals surface area contributed by atoms with E-state index in [1.807, 2.05) is 9.91 Å². The van der Waals surface area contributed by atoms with E-state index in [1.54, 1.807) is 29.3 Å². The normalized spacial score (nSPS) is 16.6. The van der Waals surface area contributed by atoms with Gasteiger partial charge in [0, 0.05) is 37.1 Å². The van der Waals surface area contributed by atoms with Gasteiger partial charge in [-0.25, -0.2) is 13.6 Å². The Morgan fingerprint density at radius 1 is 1.06 bits per heavy atom. The van der Waals surface area contributed by atoms with Gasteiger partial charge in [-0.1, -0.05) is 30.8 Å². The molecule has 6 nitrogen and oxygen atoms in total. The van der Waals surface area contributed by atoms with Crippen LogP contribution in [0.4, 0.5) is 8.78 Å². The van der Waals surface area contributed by atoms with Crippen molar-refractivity contribution in [3.8, 4) is 0 Å². The number of carbonyl (C=O) groups excluding carboxylic acids is 1. The highest BCUT2D eigenvalue weighted by atomic mass is 19.1. The maximum absolute atomic E-state index is 13.4. The van der Waals surface area contributed by atoms with Crippen molar-refractivity contribution in [2.75, 3.05) is 13.2 Å². The molecule has 1 saturated heterocycles. The molecule has 0 spiro atoms. The number of hydrogen-bond donors (Lipinski definition) is 1. The van der Waals surface area contributed by atoms with Crippen molar-refractivity contribution in [1.82, 2.24) is 14.9 Å². The Labute approximate surface area is 197 Å². The first-order valence-electron chi connectivity index (χ1n) is 10.8. The highest BCUT2D eigenvalue weighted by Crippen LogP contribution is 2.27. The van der Waals surface area contributed by atoms with Gasteiger partial charge in [-0.05, 0) is 54.8 Å². The van der Waals surface area contributed by atoms with E-state index in [9.17, 15) is 23.5 Å². The first kappa shape index (κ1) is 24.9. The van der Waals surface area contributed by atoms with E-state index >= 15 is 0 Å². The Kier molecular flexibility index (Phi) is 8.32. The average molecular weight is 468 g/mol. The number of carbonyl (C=O) groups is 2. The van der Waals surface area contributed by atoms with Gasteiger partial charge in [0.05, 0.1) is 12.2 Å². The van der Waals surface area contributed by atoms with Crippen LogP contribution in [-0.2, 0) is 22.6 Å². The molecule has 0 atom stereocenters. The number of aliphatic carboxylic acids is 1. The molecule has 0 saturated carbocycles. The Bertz CT molecular complexity index is 1100. The topological polar surface area (TPSA) is 64.1 Å². The summed E-state index contributed by atoms with van der Waals surface area (Å²) in [6.07, 6.45) is 4.48. The summed E-state index contributed by atoms with van der Waals surface area (Å²) in [4.78, 5) is 25.0. The molecule has 2 aromatic carbocycles. The minimum Gasteiger partial charge on any atom is -0.478 e. The molecule has 0 unspecified atom stereocenters. The second-order valence-electron chi connectivity index (χ2n) is 8.07. The summed E-state index contributed by atoms with van der Waals surface area (Å²) in [5.41, 5.74) is 3.18. The van der Waals surface area contributed by atoms with Crippen LogP contribution in [-0.4, -0.2) is 45.5 Å². The third-order valence-corrected chi connectivity index (χ3v) is 5.54. The monoisotopic (exact) mass is 467 g/mol. The highest BCUT2D eigenvalue weighted by Gasteiger charge is 2.27. The van der Waals surface area contributed by atoms with Gasteiger partial charge in [-0.2, -0.15) is 5.01 Å². The summed E-state index contributed by atoms with van der Waals surface area (Å²) in [7, 11) is 0. The van der Waals surface area contributed by atoms with Crippen molar-refractivity contribution in [1.29, 1.82) is 0 Å². The van der Waals surface area contributed by atoms with E-state index in [0.717, 1.165) is 16.8 Å². The molecular formula is C26H27F2N3O3. The molecule has 0 amide bonds. The summed E-state index contributed by atoms with van der Waals surface area (Å²) < 4.78 is 26.7. The van der Waals surface area contributed by atoms with Gasteiger partial charge in [-0.3, -0.25) is 9.80 Å². The summed E-state index contributed by atoms with van der Waals surface area (Å²) in [5, 5.41) is 13.0. The van der Waals surface area contributed by atoms with E-state index in [1.165, 1.54) is 43.5 Å². The van der Waals surface area contributed by atoms with Gasteiger partial charge in [-0.15, -0.1) is 0 Å². The van der Waals surface area contributed by atoms with Crippen LogP contribution in [0.2, 0.25) is 0 Å². The van der Waals surface area contributed by atoms with Crippen molar-refractivity contribution in [2.45, 2.75) is 26.3 Å². The van der Waals surface area contributed by atoms with Crippen molar-refractivity contribution in [3.05, 3.63) is 107 Å². The van der Waals surface area contributed by atoms with Gasteiger partial charge < -0.3 is 10.0 Å². The number of carboxylic acids is 1. The summed E-state index contributed by atoms with van der Waals surface area (Å²) >= 11 is 0. The van der Waals surface area contributed by atoms with Crippen LogP contribution >= 0.6 is 0 Å². The lowest BCUT2D eigenvalue weighted by Gasteiger charge is -2.36. The number of rotatable bonds is 8. The number of halogens is 2. The fraction of sp³-hybridized carbons (Fsp3) is 0.231. The van der Waals surface area contributed by atoms with Crippen molar-refractivity contribution in [2.24, 2.45) is 0 Å². The van der Waals surface area contributed by atoms with E-state index in [0.29, 0.717) is 44.6 Å². The molecule has 1 aliphatic rings. The number of nitrogens with zero attached hydrogens (tertiary/aromatic N) is 3. The lowest BCUT2D eigenvalue weighted by atomic mass is 10.1. The van der Waals surface area contributed by atoms with Crippen molar-refractivity contribution < 1.29 is 23.5 Å². The van der Waals surface area contributed by atoms with Crippen LogP contribution in [0, 0.1) is 11.6 Å². The number of carboxylic acid groups (broad SMARTS) is 1. The maximum atomic E-state index is 13.4. The van der Waals surface area contributed by atoms with Gasteiger partial charge in [0.2, 0.25) is 0 Å². The molecule has 0 aliphatic carbocycles. The van der Waals surface area contributed by atoms with Crippen LogP contribution in [0.5, 0.6) is 0 Å². The van der Waals surface area contributed by atoms with Gasteiger partial charge in [0.15, 0.2) is 0 Å². The molecule has 178 valence electrons. The molecule has 2 aromatic rings. The van der Waals surface area contributed by atoms with E-state index in [4.69, 9.17) is 0 Å². The quantitative estimate of drug-likeness (QED) is 0.457. The van der Waals surface area contributed by atoms with Crippen LogP contribution < -0.4 is 0 Å². The number of hydrogen-bond acceptors (Lipinski definition) is 5. The molecule has 1 fully saturated rings. The summed E-state index contributed by atoms with van der Waals surface area (Å²) in [6, 6.07) is 12.3. The second-order valence-corrected chi connectivity index (χ2v) is 8.07. The van der Waals surface area contributed by atoms with Crippen LogP contribution in [0.3, 0.4) is 0 Å². The fourth-order valence-corrected chi connectivity index (χ4v) is 3.64. The molecule has 1 N–H and O–H groups in total. The van der Waals surface area contributed by atoms with Gasteiger partial charge in [0.1, 0.15) is 17.9 Å². The van der Waals surface area contributed by atoms with Gasteiger partial charge in [0.25, 0.3) is 0 Å². The van der Waals surface area contributed by atoms with Crippen molar-refractivity contribution >= 4 is 12.3 Å². The second kappa shape index (κ2) is 11.4. The van der Waals surface area contributed by atoms with Gasteiger partial charge >= 0.3 is 5.97 Å². The zero-order chi connectivity index (χ0) is 24.7. The highest BCUT2D eigenvalue weighted by molar-refractivity contribution is 5.85. The van der Waals surface area contributed by atoms with Crippen LogP contribution in [0.15, 0.2) is 84.4 Å². The molecule has 1 aliphatic heterocycles. The fourth-order valence-electron chi connectivity index (χ4n) is 3.64. The summed E-state index contributed by atoms with van der Waals surface area (Å²) in [6.45, 7) is 6.92. The van der Waals surface area contributed by atoms with E-state index in [-0.39, 0.29) is 17.2 Å². The first-order valence-corrected chi connectivity index (χ1v) is 10.8. The number of hydrazine groups is 1. The SMILES string of the molecule is C=C1C/C(=C/C=O)N(/C=C(\C)C(=O)O)N(Cc2ccc(F)cc2)CN1CCc1ccc(F)cc1. The third-order valence-electron chi connectivity index (χ3n) is 5.54. The Balaban J connectivity index is 1.94. The zero-order valence-electron chi connectivity index (χ0n) is 19.0. The maximum Gasteiger partial charge on any atom is 0.332 e. The molecular weight excluding hydrogens is 440 g/mol. The minimum atomic E-state index is -1.08. The van der Waals surface area contributed by atoms with E-state index < -0.39 is 5.97 Å². The van der Waals surface area contributed by atoms with Crippen molar-refractivity contribution in [3.63, 3.8) is 0 Å². The lowest BCUT2D eigenvalue weighted by Crippen LogP contribution is -2.43. The predicted octanol–water partition coefficient (Wildman–Crippen LogP) is 4.47. The smallest absolute Gasteiger partial charge is 0.332 e. The number of aldehydes is 1. The van der Waals surface area contributed by atoms with Crippen LogP contribution in [0.1, 0.15) is 24.5 Å². The first-order chi connectivity index (χ1) is 16.3. The molecule has 8 heteroatoms. The third kappa shape index (κ3) is 6.62. The minimum absolute atomic E-state index is 0.0891. The molecule has 34 heavy (non-hydrogen) atoms. The number of benzene rings is 2. The predicted molar refractivity (Wildman–Crippen MR) is 125 cm³/mol. The largest absolute Gasteiger partial charge is 0.478 e. The molecule has 0 bridgehead atoms. The standard InChI is InChI=1S/C26H27F2N3O3/c1-19(26(33)34)16-31-25(12-14-32)15-20(2)29(13-11-21-3-7-23(27)8-4-21)18-30(31)17-22-5-9-24(28)10-6-22/h3-10,12,14,16H,2,11,13,15,17-18H2,1H3,(H,33,34)/b19-16+,25-12-. The van der Waals surface area contributed by atoms with E-state index in [2.05, 4.69) is 6.58 Å². The lowest BCUT2D eigenvalue weighted by molar-refractivity contribution is -0.132. The Morgan fingerprint density at radius 2 is 1.65 bits per heavy atom. The molecule has 0 radical (unpaired) electrons. The average Bonchev–Trinajstić information content (AvgIpc) is 2.92. The molecule has 1 heterocycles. The Morgan fingerprint density at radius 3 is 2.21 bits per heavy atom. The number of allylic oxidation sites excluding steroid dienone is 1. The van der Waals surface area contributed by atoms with Crippen LogP contribution in [0.25, 0.3) is 0 Å². The Hall–Kier alpha value is -3.78. The summed E-state index contributed by atoms with van der Waals surface area (Å²) in [5.74, 6) is -1.73. The zero-order valence-corrected chi connectivity index (χ0v) is 19.0. The molecule has 3 rings (SSSR count). The molecule has 0 aromatic heterocycles.